The van der Waals surface area contributed by atoms with E-state index in [4.69, 9.17) is 4.74 Å². The fourth-order valence-electron chi connectivity index (χ4n) is 2.45. The minimum atomic E-state index is 0.227. The van der Waals surface area contributed by atoms with E-state index < -0.39 is 0 Å². The standard InChI is InChI=1S/C16H24N4O/c1-4-10-20-16(12-18-19-20)15(17-5-2)11-13-6-8-14(21-3)9-7-13/h6-9,12,15,17H,4-5,10-11H2,1-3H3. The van der Waals surface area contributed by atoms with Gasteiger partial charge in [-0.3, -0.25) is 0 Å². The topological polar surface area (TPSA) is 52.0 Å². The first-order valence-corrected chi connectivity index (χ1v) is 7.53. The van der Waals surface area contributed by atoms with Crippen LogP contribution in [-0.2, 0) is 13.0 Å². The minimum absolute atomic E-state index is 0.227. The summed E-state index contributed by atoms with van der Waals surface area (Å²) in [5.41, 5.74) is 2.42. The number of rotatable bonds is 8. The van der Waals surface area contributed by atoms with Gasteiger partial charge < -0.3 is 10.1 Å². The molecule has 1 heterocycles. The van der Waals surface area contributed by atoms with Crippen LogP contribution >= 0.6 is 0 Å². The van der Waals surface area contributed by atoms with Crippen LogP contribution in [0.3, 0.4) is 0 Å². The van der Waals surface area contributed by atoms with Gasteiger partial charge in [-0.1, -0.05) is 31.2 Å². The molecule has 0 radical (unpaired) electrons. The molecule has 2 rings (SSSR count). The van der Waals surface area contributed by atoms with Crippen molar-refractivity contribution in [3.63, 3.8) is 0 Å². The fourth-order valence-corrected chi connectivity index (χ4v) is 2.45. The summed E-state index contributed by atoms with van der Waals surface area (Å²) in [6, 6.07) is 8.44. The predicted octanol–water partition coefficient (Wildman–Crippen LogP) is 2.59. The Hall–Kier alpha value is -1.88. The summed E-state index contributed by atoms with van der Waals surface area (Å²) >= 11 is 0. The third-order valence-electron chi connectivity index (χ3n) is 3.49. The normalized spacial score (nSPS) is 12.3. The number of nitrogens with one attached hydrogen (secondary N) is 1. The summed E-state index contributed by atoms with van der Waals surface area (Å²) in [4.78, 5) is 0. The molecule has 5 heteroatoms. The number of likely N-dealkylation sites (N-methyl/N-ethyl adjacent to an activating group) is 1. The summed E-state index contributed by atoms with van der Waals surface area (Å²) in [6.07, 6.45) is 3.83. The second-order valence-electron chi connectivity index (χ2n) is 5.04. The molecule has 1 aromatic carbocycles. The summed E-state index contributed by atoms with van der Waals surface area (Å²) in [7, 11) is 1.69. The molecule has 0 amide bonds. The van der Waals surface area contributed by atoms with Gasteiger partial charge >= 0.3 is 0 Å². The highest BCUT2D eigenvalue weighted by Gasteiger charge is 2.16. The molecule has 1 aromatic heterocycles. The van der Waals surface area contributed by atoms with E-state index in [-0.39, 0.29) is 6.04 Å². The number of methoxy groups -OCH3 is 1. The zero-order valence-corrected chi connectivity index (χ0v) is 13.0. The first kappa shape index (κ1) is 15.5. The van der Waals surface area contributed by atoms with Crippen LogP contribution in [0.4, 0.5) is 0 Å². The van der Waals surface area contributed by atoms with Crippen molar-refractivity contribution in [1.29, 1.82) is 0 Å². The lowest BCUT2D eigenvalue weighted by Crippen LogP contribution is -2.25. The highest BCUT2D eigenvalue weighted by atomic mass is 16.5. The molecule has 114 valence electrons. The van der Waals surface area contributed by atoms with Crippen molar-refractivity contribution in [3.05, 3.63) is 41.7 Å². The molecule has 1 N–H and O–H groups in total. The van der Waals surface area contributed by atoms with Crippen molar-refractivity contribution in [2.75, 3.05) is 13.7 Å². The molecule has 0 aliphatic carbocycles. The molecule has 0 aliphatic heterocycles. The maximum atomic E-state index is 5.21. The summed E-state index contributed by atoms with van der Waals surface area (Å²) in [6.45, 7) is 6.09. The number of nitrogens with zero attached hydrogens (tertiary/aromatic N) is 3. The summed E-state index contributed by atoms with van der Waals surface area (Å²) in [5.74, 6) is 0.886. The molecule has 0 saturated heterocycles. The number of ether oxygens (including phenoxy) is 1. The Labute approximate surface area is 126 Å². The highest BCUT2D eigenvalue weighted by Crippen LogP contribution is 2.20. The van der Waals surface area contributed by atoms with E-state index in [1.165, 1.54) is 5.56 Å². The van der Waals surface area contributed by atoms with Crippen molar-refractivity contribution < 1.29 is 4.74 Å². The Morgan fingerprint density at radius 2 is 2.00 bits per heavy atom. The van der Waals surface area contributed by atoms with E-state index in [1.807, 2.05) is 23.0 Å². The quantitative estimate of drug-likeness (QED) is 0.811. The van der Waals surface area contributed by atoms with Gasteiger partial charge in [0.1, 0.15) is 5.75 Å². The third kappa shape index (κ3) is 4.04. The largest absolute Gasteiger partial charge is 0.497 e. The third-order valence-corrected chi connectivity index (χ3v) is 3.49. The van der Waals surface area contributed by atoms with Gasteiger partial charge in [0, 0.05) is 6.54 Å². The van der Waals surface area contributed by atoms with Gasteiger partial charge in [0.2, 0.25) is 0 Å². The first-order valence-electron chi connectivity index (χ1n) is 7.53. The van der Waals surface area contributed by atoms with E-state index in [0.29, 0.717) is 0 Å². The molecule has 21 heavy (non-hydrogen) atoms. The molecular weight excluding hydrogens is 264 g/mol. The Bertz CT molecular complexity index is 535. The van der Waals surface area contributed by atoms with Gasteiger partial charge in [0.15, 0.2) is 0 Å². The van der Waals surface area contributed by atoms with Gasteiger partial charge in [-0.2, -0.15) is 0 Å². The highest BCUT2D eigenvalue weighted by molar-refractivity contribution is 5.28. The number of benzene rings is 1. The van der Waals surface area contributed by atoms with Crippen molar-refractivity contribution in [2.45, 2.75) is 39.3 Å². The molecule has 1 atom stereocenters. The number of aryl methyl sites for hydroxylation is 1. The van der Waals surface area contributed by atoms with Crippen molar-refractivity contribution in [1.82, 2.24) is 20.3 Å². The monoisotopic (exact) mass is 288 g/mol. The van der Waals surface area contributed by atoms with Crippen LogP contribution in [0.5, 0.6) is 5.75 Å². The van der Waals surface area contributed by atoms with Crippen molar-refractivity contribution in [3.8, 4) is 5.75 Å². The van der Waals surface area contributed by atoms with Crippen LogP contribution < -0.4 is 10.1 Å². The van der Waals surface area contributed by atoms with Crippen LogP contribution in [0.15, 0.2) is 30.5 Å². The van der Waals surface area contributed by atoms with E-state index in [1.54, 1.807) is 7.11 Å². The van der Waals surface area contributed by atoms with Crippen molar-refractivity contribution >= 4 is 0 Å². The molecule has 0 spiro atoms. The molecule has 0 saturated carbocycles. The summed E-state index contributed by atoms with van der Waals surface area (Å²) < 4.78 is 7.20. The summed E-state index contributed by atoms with van der Waals surface area (Å²) in [5, 5.41) is 11.8. The van der Waals surface area contributed by atoms with E-state index >= 15 is 0 Å². The molecule has 2 aromatic rings. The minimum Gasteiger partial charge on any atom is -0.497 e. The Morgan fingerprint density at radius 1 is 1.24 bits per heavy atom. The Kier molecular flexibility index (Phi) is 5.75. The van der Waals surface area contributed by atoms with Crippen molar-refractivity contribution in [2.24, 2.45) is 0 Å². The molecule has 1 unspecified atom stereocenters. The lowest BCUT2D eigenvalue weighted by Gasteiger charge is -2.19. The zero-order valence-electron chi connectivity index (χ0n) is 13.0. The molecular formula is C16H24N4O. The smallest absolute Gasteiger partial charge is 0.118 e. The Morgan fingerprint density at radius 3 is 2.62 bits per heavy atom. The van der Waals surface area contributed by atoms with Gasteiger partial charge in [-0.05, 0) is 37.1 Å². The van der Waals surface area contributed by atoms with Gasteiger partial charge in [-0.15, -0.1) is 5.10 Å². The van der Waals surface area contributed by atoms with Crippen LogP contribution in [-0.4, -0.2) is 28.6 Å². The molecule has 5 nitrogen and oxygen atoms in total. The number of hydrogen-bond acceptors (Lipinski definition) is 4. The van der Waals surface area contributed by atoms with Gasteiger partial charge in [-0.25, -0.2) is 4.68 Å². The van der Waals surface area contributed by atoms with E-state index in [2.05, 4.69) is 41.6 Å². The predicted molar refractivity (Wildman–Crippen MR) is 83.4 cm³/mol. The second kappa shape index (κ2) is 7.78. The molecule has 0 aliphatic rings. The molecule has 0 fully saturated rings. The maximum Gasteiger partial charge on any atom is 0.118 e. The first-order chi connectivity index (χ1) is 10.3. The lowest BCUT2D eigenvalue weighted by molar-refractivity contribution is 0.414. The SMILES string of the molecule is CCCn1nncc1C(Cc1ccc(OC)cc1)NCC. The van der Waals surface area contributed by atoms with E-state index in [0.717, 1.165) is 37.4 Å². The fraction of sp³-hybridized carbons (Fsp3) is 0.500. The maximum absolute atomic E-state index is 5.21. The van der Waals surface area contributed by atoms with Gasteiger partial charge in [0.05, 0.1) is 25.0 Å². The molecule has 0 bridgehead atoms. The number of hydrogen-bond donors (Lipinski definition) is 1. The lowest BCUT2D eigenvalue weighted by atomic mass is 10.0. The second-order valence-corrected chi connectivity index (χ2v) is 5.04. The van der Waals surface area contributed by atoms with Crippen LogP contribution in [0.1, 0.15) is 37.6 Å². The zero-order chi connectivity index (χ0) is 15.1. The van der Waals surface area contributed by atoms with Crippen LogP contribution in [0.25, 0.3) is 0 Å². The Balaban J connectivity index is 2.15. The van der Waals surface area contributed by atoms with E-state index in [9.17, 15) is 0 Å². The average Bonchev–Trinajstić information content (AvgIpc) is 2.96. The van der Waals surface area contributed by atoms with Gasteiger partial charge in [0.25, 0.3) is 0 Å². The van der Waals surface area contributed by atoms with Crippen LogP contribution in [0, 0.1) is 0 Å². The number of aromatic nitrogens is 3. The van der Waals surface area contributed by atoms with Crippen LogP contribution in [0.2, 0.25) is 0 Å². The average molecular weight is 288 g/mol.